The minimum Gasteiger partial charge on any atom is -0.495 e. The Morgan fingerprint density at radius 2 is 1.87 bits per heavy atom. The molecule has 0 aliphatic carbocycles. The number of halogens is 1. The van der Waals surface area contributed by atoms with Crippen molar-refractivity contribution in [2.75, 3.05) is 43.5 Å². The number of hydrogen-bond acceptors (Lipinski definition) is 6. The van der Waals surface area contributed by atoms with Gasteiger partial charge in [-0.25, -0.2) is 0 Å². The predicted octanol–water partition coefficient (Wildman–Crippen LogP) is 2.10. The fraction of sp³-hybridized carbons (Fsp3) is 0.286. The van der Waals surface area contributed by atoms with Gasteiger partial charge in [0.05, 0.1) is 18.6 Å². The maximum absolute atomic E-state index is 12.5. The van der Waals surface area contributed by atoms with Crippen molar-refractivity contribution in [3.05, 3.63) is 47.0 Å². The van der Waals surface area contributed by atoms with Gasteiger partial charge in [-0.15, -0.1) is 0 Å². The van der Waals surface area contributed by atoms with Crippen molar-refractivity contribution < 1.29 is 23.9 Å². The minimum atomic E-state index is -0.722. The lowest BCUT2D eigenvalue weighted by Gasteiger charge is -2.35. The number of fused-ring (bicyclic) bond motifs is 1. The number of nitrogens with one attached hydrogen (secondary N) is 1. The van der Waals surface area contributed by atoms with Crippen LogP contribution in [0.2, 0.25) is 5.02 Å². The summed E-state index contributed by atoms with van der Waals surface area (Å²) in [4.78, 5) is 39.9. The number of amides is 2. The minimum absolute atomic E-state index is 0.214. The Hall–Kier alpha value is -3.26. The van der Waals surface area contributed by atoms with E-state index in [0.29, 0.717) is 48.4 Å². The Balaban J connectivity index is 1.34. The summed E-state index contributed by atoms with van der Waals surface area (Å²) in [5.41, 5.74) is 2.11. The SMILES string of the molecule is COc1ccc(N2CCN(C(=O)C(=O)Nc3ccc4c(c3)OC(=O)C4)CC2)cc1Cl. The fourth-order valence-electron chi connectivity index (χ4n) is 3.54. The van der Waals surface area contributed by atoms with Crippen LogP contribution in [0.1, 0.15) is 5.56 Å². The molecule has 2 aromatic carbocycles. The van der Waals surface area contributed by atoms with Crippen molar-refractivity contribution in [2.45, 2.75) is 6.42 Å². The molecular weight excluding hydrogens is 410 g/mol. The Morgan fingerprint density at radius 1 is 1.10 bits per heavy atom. The largest absolute Gasteiger partial charge is 0.495 e. The molecule has 2 aliphatic heterocycles. The third kappa shape index (κ3) is 4.04. The van der Waals surface area contributed by atoms with E-state index in [4.69, 9.17) is 21.1 Å². The highest BCUT2D eigenvalue weighted by atomic mass is 35.5. The molecule has 0 aromatic heterocycles. The number of nitrogens with zero attached hydrogens (tertiary/aromatic N) is 2. The number of methoxy groups -OCH3 is 1. The van der Waals surface area contributed by atoms with Gasteiger partial charge in [0.15, 0.2) is 0 Å². The second-order valence-corrected chi connectivity index (χ2v) is 7.43. The molecule has 8 nitrogen and oxygen atoms in total. The number of esters is 1. The van der Waals surface area contributed by atoms with Crippen molar-refractivity contribution >= 4 is 40.8 Å². The molecule has 4 rings (SSSR count). The summed E-state index contributed by atoms with van der Waals surface area (Å²) in [5, 5.41) is 3.10. The van der Waals surface area contributed by atoms with E-state index in [-0.39, 0.29) is 12.4 Å². The lowest BCUT2D eigenvalue weighted by atomic mass is 10.1. The zero-order valence-electron chi connectivity index (χ0n) is 16.3. The van der Waals surface area contributed by atoms with Gasteiger partial charge in [0.1, 0.15) is 11.5 Å². The molecule has 2 aromatic rings. The first-order chi connectivity index (χ1) is 14.4. The van der Waals surface area contributed by atoms with Crippen LogP contribution < -0.4 is 19.7 Å². The zero-order chi connectivity index (χ0) is 21.3. The van der Waals surface area contributed by atoms with Gasteiger partial charge in [0, 0.05) is 49.2 Å². The van der Waals surface area contributed by atoms with Gasteiger partial charge in [-0.1, -0.05) is 17.7 Å². The number of carbonyl (C=O) groups is 3. The number of ether oxygens (including phenoxy) is 2. The van der Waals surface area contributed by atoms with Crippen LogP contribution >= 0.6 is 11.6 Å². The zero-order valence-corrected chi connectivity index (χ0v) is 17.1. The summed E-state index contributed by atoms with van der Waals surface area (Å²) < 4.78 is 10.2. The molecule has 2 heterocycles. The van der Waals surface area contributed by atoms with Gasteiger partial charge in [-0.2, -0.15) is 0 Å². The molecule has 1 N–H and O–H groups in total. The van der Waals surface area contributed by atoms with E-state index < -0.39 is 11.8 Å². The highest BCUT2D eigenvalue weighted by Gasteiger charge is 2.27. The maximum atomic E-state index is 12.5. The van der Waals surface area contributed by atoms with E-state index in [0.717, 1.165) is 11.3 Å². The fourth-order valence-corrected chi connectivity index (χ4v) is 3.79. The number of anilines is 2. The van der Waals surface area contributed by atoms with Crippen LogP contribution in [0.15, 0.2) is 36.4 Å². The Bertz CT molecular complexity index is 1020. The van der Waals surface area contributed by atoms with Gasteiger partial charge in [-0.05, 0) is 24.3 Å². The van der Waals surface area contributed by atoms with Crippen LogP contribution in [0, 0.1) is 0 Å². The average molecular weight is 430 g/mol. The predicted molar refractivity (Wildman–Crippen MR) is 111 cm³/mol. The highest BCUT2D eigenvalue weighted by molar-refractivity contribution is 6.39. The van der Waals surface area contributed by atoms with Gasteiger partial charge >= 0.3 is 17.8 Å². The first kappa shape index (κ1) is 20.0. The molecule has 156 valence electrons. The molecule has 2 aliphatic rings. The average Bonchev–Trinajstić information content (AvgIpc) is 3.12. The number of piperazine rings is 1. The van der Waals surface area contributed by atoms with E-state index in [2.05, 4.69) is 10.2 Å². The molecule has 1 fully saturated rings. The van der Waals surface area contributed by atoms with Crippen LogP contribution in [-0.4, -0.2) is 56.0 Å². The van der Waals surface area contributed by atoms with Crippen molar-refractivity contribution in [1.82, 2.24) is 4.90 Å². The second kappa shape index (κ2) is 8.23. The Kier molecular flexibility index (Phi) is 5.50. The number of benzene rings is 2. The van der Waals surface area contributed by atoms with Gasteiger partial charge in [0.2, 0.25) is 0 Å². The lowest BCUT2D eigenvalue weighted by molar-refractivity contribution is -0.143. The van der Waals surface area contributed by atoms with Crippen LogP contribution in [0.4, 0.5) is 11.4 Å². The molecule has 0 bridgehead atoms. The normalized spacial score (nSPS) is 15.5. The molecule has 30 heavy (non-hydrogen) atoms. The van der Waals surface area contributed by atoms with Gasteiger partial charge < -0.3 is 24.6 Å². The van der Waals surface area contributed by atoms with Crippen LogP contribution in [0.5, 0.6) is 11.5 Å². The number of carbonyl (C=O) groups excluding carboxylic acids is 3. The van der Waals surface area contributed by atoms with E-state index in [1.807, 2.05) is 12.1 Å². The third-order valence-electron chi connectivity index (χ3n) is 5.15. The van der Waals surface area contributed by atoms with Crippen LogP contribution in [0.3, 0.4) is 0 Å². The van der Waals surface area contributed by atoms with Crippen molar-refractivity contribution in [3.63, 3.8) is 0 Å². The summed E-state index contributed by atoms with van der Waals surface area (Å²) in [5.74, 6) is -0.634. The summed E-state index contributed by atoms with van der Waals surface area (Å²) in [6.45, 7) is 1.99. The number of rotatable bonds is 3. The first-order valence-electron chi connectivity index (χ1n) is 9.47. The van der Waals surface area contributed by atoms with Crippen molar-refractivity contribution in [1.29, 1.82) is 0 Å². The molecule has 2 amide bonds. The maximum Gasteiger partial charge on any atom is 0.315 e. The van der Waals surface area contributed by atoms with Gasteiger partial charge in [-0.3, -0.25) is 14.4 Å². The van der Waals surface area contributed by atoms with Crippen molar-refractivity contribution in [2.24, 2.45) is 0 Å². The lowest BCUT2D eigenvalue weighted by Crippen LogP contribution is -2.51. The van der Waals surface area contributed by atoms with E-state index >= 15 is 0 Å². The molecule has 0 unspecified atom stereocenters. The molecule has 0 saturated carbocycles. The topological polar surface area (TPSA) is 88.2 Å². The Morgan fingerprint density at radius 3 is 2.57 bits per heavy atom. The van der Waals surface area contributed by atoms with E-state index in [1.165, 1.54) is 4.90 Å². The van der Waals surface area contributed by atoms with E-state index in [9.17, 15) is 14.4 Å². The summed E-state index contributed by atoms with van der Waals surface area (Å²) >= 11 is 6.19. The Labute approximate surface area is 178 Å². The first-order valence-corrected chi connectivity index (χ1v) is 9.85. The molecule has 1 saturated heterocycles. The monoisotopic (exact) mass is 429 g/mol. The molecule has 9 heteroatoms. The van der Waals surface area contributed by atoms with Crippen LogP contribution in [-0.2, 0) is 20.8 Å². The van der Waals surface area contributed by atoms with Crippen molar-refractivity contribution in [3.8, 4) is 11.5 Å². The second-order valence-electron chi connectivity index (χ2n) is 7.03. The molecule has 0 spiro atoms. The van der Waals surface area contributed by atoms with Gasteiger partial charge in [0.25, 0.3) is 0 Å². The quantitative estimate of drug-likeness (QED) is 0.456. The molecular formula is C21H20ClN3O5. The smallest absolute Gasteiger partial charge is 0.315 e. The molecule has 0 atom stereocenters. The number of hydrogen-bond donors (Lipinski definition) is 1. The highest BCUT2D eigenvalue weighted by Crippen LogP contribution is 2.30. The summed E-state index contributed by atoms with van der Waals surface area (Å²) in [7, 11) is 1.56. The summed E-state index contributed by atoms with van der Waals surface area (Å²) in [6.07, 6.45) is 0.214. The molecule has 0 radical (unpaired) electrons. The third-order valence-corrected chi connectivity index (χ3v) is 5.44. The summed E-state index contributed by atoms with van der Waals surface area (Å²) in [6, 6.07) is 10.4. The van der Waals surface area contributed by atoms with E-state index in [1.54, 1.807) is 31.4 Å². The van der Waals surface area contributed by atoms with Crippen LogP contribution in [0.25, 0.3) is 0 Å². The standard InChI is InChI=1S/C21H20ClN3O5/c1-29-17-5-4-15(12-16(17)22)24-6-8-25(9-7-24)21(28)20(27)23-14-3-2-13-10-19(26)30-18(13)11-14/h2-5,11-12H,6-10H2,1H3,(H,23,27).